The largest absolute Gasteiger partial charge is 0.502 e. The molecule has 0 spiro atoms. The monoisotopic (exact) mass is 794 g/mol. The van der Waals surface area contributed by atoms with Crippen molar-refractivity contribution in [3.63, 3.8) is 0 Å². The Bertz CT molecular complexity index is 2020. The number of rotatable bonds is 18. The number of aliphatic imine (C=N–C) groups is 1. The highest BCUT2D eigenvalue weighted by Gasteiger charge is 2.39. The number of carbonyl (C=O) groups is 4. The lowest BCUT2D eigenvalue weighted by molar-refractivity contribution is -0.385. The van der Waals surface area contributed by atoms with Gasteiger partial charge < -0.3 is 42.2 Å². The molecule has 3 aromatic rings. The number of nitrogens with one attached hydrogen (secondary N) is 3. The molecule has 0 saturated carbocycles. The zero-order valence-corrected chi connectivity index (χ0v) is 32.6. The fourth-order valence-corrected chi connectivity index (χ4v) is 6.23. The zero-order valence-electron chi connectivity index (χ0n) is 32.6. The topological polar surface area (TPSA) is 245 Å². The maximum Gasteiger partial charge on any atom is 0.408 e. The highest BCUT2D eigenvalue weighted by atomic mass is 16.6. The van der Waals surface area contributed by atoms with Gasteiger partial charge in [-0.25, -0.2) is 4.79 Å². The Morgan fingerprint density at radius 2 is 1.79 bits per heavy atom. The Labute approximate surface area is 337 Å². The molecule has 8 N–H and O–H groups in total. The number of aromatic hydroxyl groups is 1. The van der Waals surface area contributed by atoms with E-state index in [1.807, 2.05) is 44.2 Å². The molecule has 16 heteroatoms. The van der Waals surface area contributed by atoms with Crippen molar-refractivity contribution in [2.24, 2.45) is 22.4 Å². The predicted octanol–water partition coefficient (Wildman–Crippen LogP) is 4.22. The minimum atomic E-state index is -0.912. The molecular formula is C42H50N8O8. The number of likely N-dealkylation sites (tertiary alicyclic amines) is 1. The number of hydrogen-bond acceptors (Lipinski definition) is 10. The number of amides is 3. The van der Waals surface area contributed by atoms with Gasteiger partial charge in [-0.3, -0.25) is 29.5 Å². The standard InChI is InChI=1S/C42H50N8O8/c1-28(2)24-34(48-42(55)58-27-31-12-4-3-5-13-31)40(54)49-23-9-15-36(49)39(53)47-33(14-8-22-45-41(43)44)38(52)26-46-32-19-16-29(17-20-32)10-6-7-11-30-18-21-35(50(56)57)37(51)25-30/h3-5,7,11-13,16-21,25,28,33-34,36,46,51H,8-9,14-15,22-24,26-27H2,1-2H3,(H,47,53)(H,48,55)(H4,43,44,45)/b11-7+/t33-,34-,36-/m0/s1. The van der Waals surface area contributed by atoms with Crippen molar-refractivity contribution in [3.05, 3.63) is 106 Å². The number of hydrogen-bond donors (Lipinski definition) is 6. The van der Waals surface area contributed by atoms with Crippen LogP contribution in [0.15, 0.2) is 83.9 Å². The number of allylic oxidation sites excluding steroid dienone is 1. The van der Waals surface area contributed by atoms with Crippen molar-refractivity contribution in [1.82, 2.24) is 15.5 Å². The van der Waals surface area contributed by atoms with Gasteiger partial charge in [-0.05, 0) is 97.7 Å². The maximum absolute atomic E-state index is 13.9. The first-order valence-corrected chi connectivity index (χ1v) is 19.0. The molecule has 0 radical (unpaired) electrons. The van der Waals surface area contributed by atoms with Crippen LogP contribution in [0.4, 0.5) is 16.2 Å². The molecule has 3 amide bonds. The van der Waals surface area contributed by atoms with Gasteiger partial charge in [0, 0.05) is 30.4 Å². The van der Waals surface area contributed by atoms with Gasteiger partial charge in [-0.1, -0.05) is 56.0 Å². The van der Waals surface area contributed by atoms with Crippen LogP contribution in [0.25, 0.3) is 6.08 Å². The van der Waals surface area contributed by atoms with Crippen LogP contribution in [0, 0.1) is 27.9 Å². The molecule has 1 heterocycles. The third-order valence-corrected chi connectivity index (χ3v) is 9.12. The number of nitrogens with two attached hydrogens (primary N) is 2. The lowest BCUT2D eigenvalue weighted by atomic mass is 10.0. The molecule has 1 fully saturated rings. The van der Waals surface area contributed by atoms with Crippen LogP contribution in [0.5, 0.6) is 5.75 Å². The second-order valence-corrected chi connectivity index (χ2v) is 14.1. The first-order chi connectivity index (χ1) is 27.8. The number of phenolic OH excluding ortho intramolecular Hbond substituents is 1. The van der Waals surface area contributed by atoms with Crippen LogP contribution in [0.3, 0.4) is 0 Å². The summed E-state index contributed by atoms with van der Waals surface area (Å²) in [6, 6.07) is 17.5. The van der Waals surface area contributed by atoms with E-state index in [1.54, 1.807) is 36.4 Å². The van der Waals surface area contributed by atoms with Crippen molar-refractivity contribution in [3.8, 4) is 17.6 Å². The zero-order chi connectivity index (χ0) is 42.0. The molecule has 0 aromatic heterocycles. The highest BCUT2D eigenvalue weighted by Crippen LogP contribution is 2.27. The van der Waals surface area contributed by atoms with E-state index in [1.165, 1.54) is 23.1 Å². The van der Waals surface area contributed by atoms with Crippen molar-refractivity contribution in [2.45, 2.75) is 70.7 Å². The van der Waals surface area contributed by atoms with Gasteiger partial charge in [-0.2, -0.15) is 0 Å². The van der Waals surface area contributed by atoms with E-state index in [0.717, 1.165) is 5.56 Å². The summed E-state index contributed by atoms with van der Waals surface area (Å²) in [5.41, 5.74) is 13.2. The van der Waals surface area contributed by atoms with E-state index in [-0.39, 0.29) is 49.5 Å². The molecule has 0 aliphatic carbocycles. The SMILES string of the molecule is CC(C)C[C@H](NC(=O)OCc1ccccc1)C(=O)N1CCC[C@H]1C(=O)N[C@@H](CCCN=C(N)N)C(=O)CNc1ccc(C#C/C=C/c2ccc([N+](=O)[O-])c(O)c2)cc1. The number of nitro groups is 1. The molecular weight excluding hydrogens is 745 g/mol. The molecule has 306 valence electrons. The molecule has 16 nitrogen and oxygen atoms in total. The number of ketones is 1. The number of alkyl carbamates (subject to hydrolysis) is 1. The van der Waals surface area contributed by atoms with E-state index in [0.29, 0.717) is 49.0 Å². The van der Waals surface area contributed by atoms with Crippen LogP contribution < -0.4 is 27.4 Å². The third-order valence-electron chi connectivity index (χ3n) is 9.12. The van der Waals surface area contributed by atoms with Gasteiger partial charge in [0.1, 0.15) is 18.7 Å². The maximum atomic E-state index is 13.9. The van der Waals surface area contributed by atoms with Crippen LogP contribution in [0.2, 0.25) is 0 Å². The Morgan fingerprint density at radius 1 is 1.05 bits per heavy atom. The number of nitrogens with zero attached hydrogens (tertiary/aromatic N) is 3. The molecule has 1 aliphatic heterocycles. The molecule has 3 atom stereocenters. The second-order valence-electron chi connectivity index (χ2n) is 14.1. The van der Waals surface area contributed by atoms with Crippen LogP contribution in [0.1, 0.15) is 62.6 Å². The first kappa shape index (κ1) is 43.8. The number of benzene rings is 3. The van der Waals surface area contributed by atoms with E-state index >= 15 is 0 Å². The smallest absolute Gasteiger partial charge is 0.408 e. The normalized spacial score (nSPS) is 14.5. The lowest BCUT2D eigenvalue weighted by Gasteiger charge is -2.30. The van der Waals surface area contributed by atoms with E-state index in [2.05, 4.69) is 32.8 Å². The molecule has 0 bridgehead atoms. The average Bonchev–Trinajstić information content (AvgIpc) is 3.69. The van der Waals surface area contributed by atoms with E-state index in [4.69, 9.17) is 16.2 Å². The van der Waals surface area contributed by atoms with Gasteiger partial charge in [0.2, 0.25) is 11.8 Å². The number of phenols is 1. The van der Waals surface area contributed by atoms with Crippen LogP contribution in [-0.2, 0) is 25.7 Å². The van der Waals surface area contributed by atoms with Crippen molar-refractivity contribution < 1.29 is 33.9 Å². The fraction of sp³-hybridized carbons (Fsp3) is 0.357. The summed E-state index contributed by atoms with van der Waals surface area (Å²) in [4.78, 5) is 69.7. The molecule has 0 unspecified atom stereocenters. The summed E-state index contributed by atoms with van der Waals surface area (Å²) < 4.78 is 5.38. The molecule has 1 saturated heterocycles. The second kappa shape index (κ2) is 22.0. The summed E-state index contributed by atoms with van der Waals surface area (Å²) in [7, 11) is 0. The van der Waals surface area contributed by atoms with Crippen molar-refractivity contribution in [1.29, 1.82) is 0 Å². The Morgan fingerprint density at radius 3 is 2.47 bits per heavy atom. The minimum Gasteiger partial charge on any atom is -0.502 e. The van der Waals surface area contributed by atoms with Gasteiger partial charge in [0.05, 0.1) is 17.5 Å². The Hall–Kier alpha value is -6.89. The average molecular weight is 795 g/mol. The summed E-state index contributed by atoms with van der Waals surface area (Å²) in [6.45, 7) is 4.36. The summed E-state index contributed by atoms with van der Waals surface area (Å²) in [5.74, 6) is 4.22. The first-order valence-electron chi connectivity index (χ1n) is 19.0. The van der Waals surface area contributed by atoms with E-state index < -0.39 is 46.7 Å². The quantitative estimate of drug-likeness (QED) is 0.0266. The molecule has 3 aromatic carbocycles. The van der Waals surface area contributed by atoms with Gasteiger partial charge in [-0.15, -0.1) is 0 Å². The number of ether oxygens (including phenoxy) is 1. The molecule has 4 rings (SSSR count). The van der Waals surface area contributed by atoms with Gasteiger partial charge in [0.15, 0.2) is 17.5 Å². The molecule has 1 aliphatic rings. The number of carbonyl (C=O) groups excluding carboxylic acids is 4. The number of anilines is 1. The van der Waals surface area contributed by atoms with Crippen LogP contribution >= 0.6 is 0 Å². The number of Topliss-reactive ketones (excluding diaryl/α,β-unsaturated/α-hetero) is 1. The molecule has 58 heavy (non-hydrogen) atoms. The van der Waals surface area contributed by atoms with Gasteiger partial charge >= 0.3 is 11.8 Å². The summed E-state index contributed by atoms with van der Waals surface area (Å²) >= 11 is 0. The predicted molar refractivity (Wildman–Crippen MR) is 220 cm³/mol. The lowest BCUT2D eigenvalue weighted by Crippen LogP contribution is -2.55. The number of nitro benzene ring substituents is 1. The van der Waals surface area contributed by atoms with Gasteiger partial charge in [0.25, 0.3) is 0 Å². The van der Waals surface area contributed by atoms with Crippen molar-refractivity contribution in [2.75, 3.05) is 25.0 Å². The summed E-state index contributed by atoms with van der Waals surface area (Å²) in [6.07, 6.45) is 4.38. The van der Waals surface area contributed by atoms with Crippen LogP contribution in [-0.4, -0.2) is 82.3 Å². The van der Waals surface area contributed by atoms with E-state index in [9.17, 15) is 34.4 Å². The fourth-order valence-electron chi connectivity index (χ4n) is 6.23. The highest BCUT2D eigenvalue weighted by molar-refractivity contribution is 5.95. The Kier molecular flexibility index (Phi) is 16.6. The minimum absolute atomic E-state index is 0.0400. The number of guanidine groups is 1. The summed E-state index contributed by atoms with van der Waals surface area (Å²) in [5, 5.41) is 29.4. The Balaban J connectivity index is 1.36. The van der Waals surface area contributed by atoms with Crippen molar-refractivity contribution >= 4 is 47.1 Å². The third kappa shape index (κ3) is 14.0.